The zero-order valence-electron chi connectivity index (χ0n) is 11.7. The van der Waals surface area contributed by atoms with E-state index in [-0.39, 0.29) is 16.6 Å². The zero-order chi connectivity index (χ0) is 15.1. The van der Waals surface area contributed by atoms with Gasteiger partial charge in [-0.3, -0.25) is 10.1 Å². The summed E-state index contributed by atoms with van der Waals surface area (Å²) in [6.45, 7) is 5.16. The molecule has 0 saturated heterocycles. The Kier molecular flexibility index (Phi) is 3.84. The molecule has 7 heteroatoms. The van der Waals surface area contributed by atoms with Crippen LogP contribution in [0.2, 0.25) is 0 Å². The highest BCUT2D eigenvalue weighted by atomic mass is 32.2. The third kappa shape index (κ3) is 2.99. The van der Waals surface area contributed by atoms with Gasteiger partial charge in [-0.2, -0.15) is 0 Å². The van der Waals surface area contributed by atoms with Gasteiger partial charge in [0.15, 0.2) is 0 Å². The van der Waals surface area contributed by atoms with E-state index in [2.05, 4.69) is 4.72 Å². The van der Waals surface area contributed by atoms with Crippen LogP contribution in [0, 0.1) is 29.9 Å². The first kappa shape index (κ1) is 14.9. The number of nitro groups is 1. The van der Waals surface area contributed by atoms with Gasteiger partial charge in [0.2, 0.25) is 10.0 Å². The predicted molar refractivity (Wildman–Crippen MR) is 75.1 cm³/mol. The number of non-ortho nitro benzene ring substituents is 1. The molecule has 110 valence electrons. The van der Waals surface area contributed by atoms with Crippen LogP contribution in [0.25, 0.3) is 0 Å². The minimum absolute atomic E-state index is 0.00306. The maximum Gasteiger partial charge on any atom is 0.271 e. The third-order valence-corrected chi connectivity index (χ3v) is 5.46. The summed E-state index contributed by atoms with van der Waals surface area (Å²) in [6.07, 6.45) is 2.05. The number of nitrogens with one attached hydrogen (secondary N) is 1. The Labute approximate surface area is 118 Å². The number of nitro benzene ring substituents is 1. The number of benzene rings is 1. The fourth-order valence-corrected chi connectivity index (χ4v) is 3.84. The molecule has 0 aromatic heterocycles. The largest absolute Gasteiger partial charge is 0.271 e. The van der Waals surface area contributed by atoms with Gasteiger partial charge in [-0.15, -0.1) is 0 Å². The number of nitrogens with zero attached hydrogens (tertiary/aromatic N) is 1. The van der Waals surface area contributed by atoms with E-state index < -0.39 is 14.9 Å². The van der Waals surface area contributed by atoms with Gasteiger partial charge in [0.25, 0.3) is 5.69 Å². The van der Waals surface area contributed by atoms with E-state index in [1.165, 1.54) is 6.07 Å². The maximum absolute atomic E-state index is 12.4. The van der Waals surface area contributed by atoms with Crippen molar-refractivity contribution in [2.45, 2.75) is 44.6 Å². The first-order valence-corrected chi connectivity index (χ1v) is 7.98. The van der Waals surface area contributed by atoms with Crippen LogP contribution in [0.15, 0.2) is 17.0 Å². The Morgan fingerprint density at radius 3 is 2.45 bits per heavy atom. The minimum atomic E-state index is -3.73. The van der Waals surface area contributed by atoms with Crippen LogP contribution < -0.4 is 4.72 Å². The molecule has 1 aromatic carbocycles. The number of aryl methyl sites for hydroxylation is 1. The number of hydrogen-bond donors (Lipinski definition) is 1. The van der Waals surface area contributed by atoms with Crippen molar-refractivity contribution in [2.24, 2.45) is 5.92 Å². The van der Waals surface area contributed by atoms with Crippen molar-refractivity contribution in [3.8, 4) is 0 Å². The molecule has 0 heterocycles. The second-order valence-electron chi connectivity index (χ2n) is 5.39. The second kappa shape index (κ2) is 5.14. The predicted octanol–water partition coefficient (Wildman–Crippen LogP) is 2.29. The summed E-state index contributed by atoms with van der Waals surface area (Å²) in [6, 6.07) is 2.38. The Bertz CT molecular complexity index is 651. The lowest BCUT2D eigenvalue weighted by atomic mass is 10.1. The van der Waals surface area contributed by atoms with Crippen LogP contribution in [0.3, 0.4) is 0 Å². The molecule has 1 fully saturated rings. The number of sulfonamides is 1. The molecular weight excluding hydrogens is 280 g/mol. The molecule has 1 saturated carbocycles. The summed E-state index contributed by atoms with van der Waals surface area (Å²) in [5.74, 6) is 0.380. The first-order valence-electron chi connectivity index (χ1n) is 6.50. The fourth-order valence-electron chi connectivity index (χ4n) is 2.19. The van der Waals surface area contributed by atoms with E-state index in [4.69, 9.17) is 0 Å². The molecule has 0 bridgehead atoms. The Morgan fingerprint density at radius 2 is 1.95 bits per heavy atom. The van der Waals surface area contributed by atoms with Crippen LogP contribution >= 0.6 is 0 Å². The van der Waals surface area contributed by atoms with E-state index in [0.717, 1.165) is 18.9 Å². The van der Waals surface area contributed by atoms with Crippen molar-refractivity contribution in [3.63, 3.8) is 0 Å². The van der Waals surface area contributed by atoms with Crippen molar-refractivity contribution in [1.29, 1.82) is 0 Å². The lowest BCUT2D eigenvalue weighted by Gasteiger charge is -2.15. The van der Waals surface area contributed by atoms with E-state index >= 15 is 0 Å². The maximum atomic E-state index is 12.4. The van der Waals surface area contributed by atoms with Gasteiger partial charge in [0, 0.05) is 18.2 Å². The molecule has 2 rings (SSSR count). The van der Waals surface area contributed by atoms with Crippen LogP contribution in [-0.4, -0.2) is 19.4 Å². The van der Waals surface area contributed by atoms with Gasteiger partial charge in [0.05, 0.1) is 9.82 Å². The molecule has 1 aromatic rings. The molecule has 1 aliphatic carbocycles. The van der Waals surface area contributed by atoms with Crippen molar-refractivity contribution in [3.05, 3.63) is 33.4 Å². The average Bonchev–Trinajstić information content (AvgIpc) is 3.15. The quantitative estimate of drug-likeness (QED) is 0.667. The molecule has 1 aliphatic rings. The van der Waals surface area contributed by atoms with Crippen LogP contribution in [0.4, 0.5) is 5.69 Å². The summed E-state index contributed by atoms with van der Waals surface area (Å²) in [7, 11) is -3.73. The van der Waals surface area contributed by atoms with Gasteiger partial charge >= 0.3 is 0 Å². The Morgan fingerprint density at radius 1 is 1.35 bits per heavy atom. The minimum Gasteiger partial charge on any atom is -0.258 e. The highest BCUT2D eigenvalue weighted by molar-refractivity contribution is 7.89. The van der Waals surface area contributed by atoms with Crippen LogP contribution in [0.1, 0.15) is 30.9 Å². The van der Waals surface area contributed by atoms with Crippen molar-refractivity contribution >= 4 is 15.7 Å². The molecule has 0 radical (unpaired) electrons. The van der Waals surface area contributed by atoms with E-state index in [0.29, 0.717) is 17.0 Å². The Hall–Kier alpha value is -1.47. The van der Waals surface area contributed by atoms with Gasteiger partial charge in [-0.1, -0.05) is 0 Å². The molecular formula is C13H18N2O4S. The molecule has 1 atom stereocenters. The fraction of sp³-hybridized carbons (Fsp3) is 0.538. The monoisotopic (exact) mass is 298 g/mol. The standard InChI is InChI=1S/C13H18N2O4S/c1-8-6-12(15(16)17)7-13(9(8)2)20(18,19)14-10(3)11-4-5-11/h6-7,10-11,14H,4-5H2,1-3H3. The normalized spacial score (nSPS) is 16.9. The van der Waals surface area contributed by atoms with E-state index in [1.807, 2.05) is 6.92 Å². The SMILES string of the molecule is Cc1cc([N+](=O)[O-])cc(S(=O)(=O)NC(C)C2CC2)c1C. The molecule has 6 nitrogen and oxygen atoms in total. The molecule has 20 heavy (non-hydrogen) atoms. The first-order chi connectivity index (χ1) is 9.22. The van der Waals surface area contributed by atoms with Crippen molar-refractivity contribution < 1.29 is 13.3 Å². The third-order valence-electron chi connectivity index (χ3n) is 3.77. The highest BCUT2D eigenvalue weighted by Gasteiger charge is 2.32. The van der Waals surface area contributed by atoms with Crippen LogP contribution in [0.5, 0.6) is 0 Å². The van der Waals surface area contributed by atoms with E-state index in [1.54, 1.807) is 13.8 Å². The van der Waals surface area contributed by atoms with Gasteiger partial charge in [-0.25, -0.2) is 13.1 Å². The lowest BCUT2D eigenvalue weighted by Crippen LogP contribution is -2.34. The zero-order valence-corrected chi connectivity index (χ0v) is 12.5. The smallest absolute Gasteiger partial charge is 0.258 e. The lowest BCUT2D eigenvalue weighted by molar-refractivity contribution is -0.385. The van der Waals surface area contributed by atoms with Crippen molar-refractivity contribution in [2.75, 3.05) is 0 Å². The number of hydrogen-bond acceptors (Lipinski definition) is 4. The molecule has 1 unspecified atom stereocenters. The number of rotatable bonds is 5. The van der Waals surface area contributed by atoms with E-state index in [9.17, 15) is 18.5 Å². The van der Waals surface area contributed by atoms with Crippen LogP contribution in [-0.2, 0) is 10.0 Å². The summed E-state index contributed by atoms with van der Waals surface area (Å²) in [4.78, 5) is 10.3. The average molecular weight is 298 g/mol. The summed E-state index contributed by atoms with van der Waals surface area (Å²) in [5.41, 5.74) is 0.942. The highest BCUT2D eigenvalue weighted by Crippen LogP contribution is 2.33. The van der Waals surface area contributed by atoms with Gasteiger partial charge < -0.3 is 0 Å². The summed E-state index contributed by atoms with van der Waals surface area (Å²) >= 11 is 0. The summed E-state index contributed by atoms with van der Waals surface area (Å²) < 4.78 is 27.4. The van der Waals surface area contributed by atoms with Gasteiger partial charge in [-0.05, 0) is 50.7 Å². The second-order valence-corrected chi connectivity index (χ2v) is 7.07. The van der Waals surface area contributed by atoms with Gasteiger partial charge in [0.1, 0.15) is 0 Å². The molecule has 0 aliphatic heterocycles. The van der Waals surface area contributed by atoms with Crippen molar-refractivity contribution in [1.82, 2.24) is 4.72 Å². The molecule has 0 amide bonds. The topological polar surface area (TPSA) is 89.3 Å². The Balaban J connectivity index is 2.41. The molecule has 1 N–H and O–H groups in total. The summed E-state index contributed by atoms with van der Waals surface area (Å²) in [5, 5.41) is 10.9. The molecule has 0 spiro atoms.